The third-order valence-electron chi connectivity index (χ3n) is 3.67. The van der Waals surface area contributed by atoms with Crippen molar-refractivity contribution in [1.82, 2.24) is 9.21 Å². The smallest absolute Gasteiger partial charge is 0.216 e. The fraction of sp³-hybridized carbons (Fsp3) is 0.917. The molecule has 124 valence electrons. The van der Waals surface area contributed by atoms with E-state index in [2.05, 4.69) is 4.99 Å². The molecule has 0 aromatic carbocycles. The third kappa shape index (κ3) is 5.87. The van der Waals surface area contributed by atoms with E-state index in [0.717, 1.165) is 25.9 Å². The van der Waals surface area contributed by atoms with Crippen molar-refractivity contribution in [3.8, 4) is 0 Å². The van der Waals surface area contributed by atoms with Crippen molar-refractivity contribution >= 4 is 40.0 Å². The van der Waals surface area contributed by atoms with Gasteiger partial charge in [0.2, 0.25) is 10.0 Å². The molecule has 0 aromatic heterocycles. The number of hydrogen-bond acceptors (Lipinski definition) is 4. The first kappa shape index (κ1) is 18.9. The molecule has 0 atom stereocenters. The zero-order valence-corrected chi connectivity index (χ0v) is 15.4. The van der Waals surface area contributed by atoms with E-state index < -0.39 is 10.0 Å². The lowest BCUT2D eigenvalue weighted by Crippen LogP contribution is -2.43. The Balaban J connectivity index is 0.00000220. The molecule has 2 saturated heterocycles. The monoisotopic (exact) mass is 432 g/mol. The van der Waals surface area contributed by atoms with Crippen molar-refractivity contribution in [2.24, 2.45) is 10.7 Å². The summed E-state index contributed by atoms with van der Waals surface area (Å²) in [5.41, 5.74) is 5.90. The SMILES string of the molecule is I.NC(=NCCS(=O)(=O)N1CCOCC1)N1CCCCC1. The summed E-state index contributed by atoms with van der Waals surface area (Å²) in [7, 11) is -3.24. The molecule has 0 amide bonds. The summed E-state index contributed by atoms with van der Waals surface area (Å²) in [6, 6.07) is 0. The van der Waals surface area contributed by atoms with Crippen LogP contribution in [0.1, 0.15) is 19.3 Å². The van der Waals surface area contributed by atoms with Crippen LogP contribution in [-0.4, -0.2) is 75.3 Å². The first-order valence-electron chi connectivity index (χ1n) is 7.20. The van der Waals surface area contributed by atoms with Crippen LogP contribution in [0.25, 0.3) is 0 Å². The molecule has 2 fully saturated rings. The number of morpholine rings is 1. The molecule has 2 heterocycles. The number of nitrogens with zero attached hydrogens (tertiary/aromatic N) is 3. The predicted octanol–water partition coefficient (Wildman–Crippen LogP) is 0.0670. The van der Waals surface area contributed by atoms with Gasteiger partial charge in [-0.3, -0.25) is 4.99 Å². The second-order valence-electron chi connectivity index (χ2n) is 5.12. The maximum atomic E-state index is 12.1. The van der Waals surface area contributed by atoms with E-state index in [1.54, 1.807) is 0 Å². The van der Waals surface area contributed by atoms with E-state index in [0.29, 0.717) is 32.3 Å². The second-order valence-corrected chi connectivity index (χ2v) is 7.20. The number of piperidine rings is 1. The Bertz CT molecular complexity index is 432. The maximum Gasteiger partial charge on any atom is 0.216 e. The van der Waals surface area contributed by atoms with Crippen LogP contribution in [0.15, 0.2) is 4.99 Å². The largest absolute Gasteiger partial charge is 0.379 e. The van der Waals surface area contributed by atoms with E-state index in [1.807, 2.05) is 4.90 Å². The first-order chi connectivity index (χ1) is 9.59. The molecule has 0 aromatic rings. The Kier molecular flexibility index (Phi) is 8.21. The topological polar surface area (TPSA) is 88.2 Å². The average molecular weight is 432 g/mol. The van der Waals surface area contributed by atoms with Crippen molar-refractivity contribution in [2.75, 3.05) is 51.7 Å². The highest BCUT2D eigenvalue weighted by molar-refractivity contribution is 14.0. The zero-order chi connectivity index (χ0) is 14.4. The van der Waals surface area contributed by atoms with E-state index in [4.69, 9.17) is 10.5 Å². The van der Waals surface area contributed by atoms with Gasteiger partial charge < -0.3 is 15.4 Å². The summed E-state index contributed by atoms with van der Waals surface area (Å²) in [6.45, 7) is 3.89. The Hall–Kier alpha value is -0.130. The number of nitrogens with two attached hydrogens (primary N) is 1. The molecule has 0 spiro atoms. The van der Waals surface area contributed by atoms with E-state index in [-0.39, 0.29) is 36.3 Å². The van der Waals surface area contributed by atoms with E-state index in [9.17, 15) is 8.42 Å². The molecule has 2 aliphatic rings. The number of guanidine groups is 1. The van der Waals surface area contributed by atoms with Gasteiger partial charge in [0, 0.05) is 26.2 Å². The number of hydrogen-bond donors (Lipinski definition) is 1. The number of likely N-dealkylation sites (tertiary alicyclic amines) is 1. The van der Waals surface area contributed by atoms with Gasteiger partial charge in [0.05, 0.1) is 25.5 Å². The van der Waals surface area contributed by atoms with Gasteiger partial charge >= 0.3 is 0 Å². The minimum absolute atomic E-state index is 0. The van der Waals surface area contributed by atoms with E-state index >= 15 is 0 Å². The fourth-order valence-electron chi connectivity index (χ4n) is 2.45. The third-order valence-corrected chi connectivity index (χ3v) is 5.52. The van der Waals surface area contributed by atoms with Gasteiger partial charge in [0.15, 0.2) is 5.96 Å². The Labute approximate surface area is 144 Å². The summed E-state index contributed by atoms with van der Waals surface area (Å²) in [5.74, 6) is 0.489. The number of aliphatic imine (C=N–C) groups is 1. The molecule has 0 unspecified atom stereocenters. The van der Waals surface area contributed by atoms with Gasteiger partial charge in [-0.2, -0.15) is 4.31 Å². The van der Waals surface area contributed by atoms with Gasteiger partial charge in [-0.25, -0.2) is 8.42 Å². The van der Waals surface area contributed by atoms with Crippen LogP contribution in [0.2, 0.25) is 0 Å². The first-order valence-corrected chi connectivity index (χ1v) is 8.81. The minimum atomic E-state index is -3.24. The number of ether oxygens (including phenoxy) is 1. The number of rotatable bonds is 4. The lowest BCUT2D eigenvalue weighted by atomic mass is 10.1. The molecular weight excluding hydrogens is 407 g/mol. The predicted molar refractivity (Wildman–Crippen MR) is 93.5 cm³/mol. The van der Waals surface area contributed by atoms with Gasteiger partial charge in [0.1, 0.15) is 0 Å². The quantitative estimate of drug-likeness (QED) is 0.386. The molecule has 0 aliphatic carbocycles. The molecule has 2 aliphatic heterocycles. The van der Waals surface area contributed by atoms with Crippen LogP contribution in [-0.2, 0) is 14.8 Å². The Morgan fingerprint density at radius 3 is 2.33 bits per heavy atom. The molecule has 0 bridgehead atoms. The van der Waals surface area contributed by atoms with Crippen LogP contribution >= 0.6 is 24.0 Å². The van der Waals surface area contributed by atoms with E-state index in [1.165, 1.54) is 10.7 Å². The lowest BCUT2D eigenvalue weighted by Gasteiger charge is -2.28. The van der Waals surface area contributed by atoms with Crippen molar-refractivity contribution in [1.29, 1.82) is 0 Å². The van der Waals surface area contributed by atoms with Crippen LogP contribution in [0.4, 0.5) is 0 Å². The Morgan fingerprint density at radius 2 is 1.71 bits per heavy atom. The van der Waals surface area contributed by atoms with Gasteiger partial charge in [-0.05, 0) is 19.3 Å². The normalized spacial score (nSPS) is 21.9. The van der Waals surface area contributed by atoms with Crippen molar-refractivity contribution in [3.63, 3.8) is 0 Å². The van der Waals surface area contributed by atoms with Crippen LogP contribution < -0.4 is 5.73 Å². The van der Waals surface area contributed by atoms with Crippen LogP contribution in [0.5, 0.6) is 0 Å². The molecule has 0 radical (unpaired) electrons. The summed E-state index contributed by atoms with van der Waals surface area (Å²) in [5, 5.41) is 0. The van der Waals surface area contributed by atoms with Gasteiger partial charge in [-0.1, -0.05) is 0 Å². The minimum Gasteiger partial charge on any atom is -0.379 e. The fourth-order valence-corrected chi connectivity index (χ4v) is 3.74. The highest BCUT2D eigenvalue weighted by atomic mass is 127. The van der Waals surface area contributed by atoms with Crippen molar-refractivity contribution < 1.29 is 13.2 Å². The molecule has 2 rings (SSSR count). The van der Waals surface area contributed by atoms with Crippen molar-refractivity contribution in [3.05, 3.63) is 0 Å². The molecular formula is C12H25IN4O3S. The highest BCUT2D eigenvalue weighted by Gasteiger charge is 2.23. The summed E-state index contributed by atoms with van der Waals surface area (Å²) in [6.07, 6.45) is 3.49. The summed E-state index contributed by atoms with van der Waals surface area (Å²) in [4.78, 5) is 6.24. The highest BCUT2D eigenvalue weighted by Crippen LogP contribution is 2.08. The van der Waals surface area contributed by atoms with Crippen LogP contribution in [0, 0.1) is 0 Å². The maximum absolute atomic E-state index is 12.1. The Morgan fingerprint density at radius 1 is 1.10 bits per heavy atom. The number of halogens is 1. The average Bonchev–Trinajstić information content (AvgIpc) is 2.49. The summed E-state index contributed by atoms with van der Waals surface area (Å²) < 4.78 is 30.8. The second kappa shape index (κ2) is 9.11. The lowest BCUT2D eigenvalue weighted by molar-refractivity contribution is 0.0731. The summed E-state index contributed by atoms with van der Waals surface area (Å²) >= 11 is 0. The van der Waals surface area contributed by atoms with Crippen LogP contribution in [0.3, 0.4) is 0 Å². The molecule has 7 nitrogen and oxygen atoms in total. The molecule has 21 heavy (non-hydrogen) atoms. The molecule has 0 saturated carbocycles. The molecule has 2 N–H and O–H groups in total. The zero-order valence-electron chi connectivity index (χ0n) is 12.2. The number of sulfonamides is 1. The molecule has 9 heteroatoms. The van der Waals surface area contributed by atoms with Gasteiger partial charge in [0.25, 0.3) is 0 Å². The van der Waals surface area contributed by atoms with Crippen molar-refractivity contribution in [2.45, 2.75) is 19.3 Å². The standard InChI is InChI=1S/C12H24N4O3S.HI/c13-12(15-5-2-1-3-6-15)14-4-11-20(17,18)16-7-9-19-10-8-16;/h1-11H2,(H2,13,14);1H. The van der Waals surface area contributed by atoms with Gasteiger partial charge in [-0.15, -0.1) is 24.0 Å².